The van der Waals surface area contributed by atoms with E-state index in [-0.39, 0.29) is 29.2 Å². The van der Waals surface area contributed by atoms with E-state index in [2.05, 4.69) is 10.6 Å². The molecule has 0 unspecified atom stereocenters. The zero-order valence-electron chi connectivity index (χ0n) is 21.6. The number of benzene rings is 2. The smallest absolute Gasteiger partial charge is 0.407 e. The summed E-state index contributed by atoms with van der Waals surface area (Å²) in [4.78, 5) is 24.6. The maximum absolute atomic E-state index is 14.2. The average Bonchev–Trinajstić information content (AvgIpc) is 2.82. The van der Waals surface area contributed by atoms with Crippen molar-refractivity contribution in [2.24, 2.45) is 5.92 Å². The molecule has 0 fully saturated rings. The number of thioether (sulfide) groups is 1. The van der Waals surface area contributed by atoms with E-state index in [0.717, 1.165) is 6.26 Å². The molecule has 7 nitrogen and oxygen atoms in total. The highest BCUT2D eigenvalue weighted by molar-refractivity contribution is 7.98. The largest absolute Gasteiger partial charge is 0.480 e. The number of carbonyl (C=O) groups is 2. The van der Waals surface area contributed by atoms with E-state index in [9.17, 15) is 36.3 Å². The first-order valence-corrected chi connectivity index (χ1v) is 15.2. The Morgan fingerprint density at radius 2 is 1.50 bits per heavy atom. The van der Waals surface area contributed by atoms with E-state index in [1.54, 1.807) is 32.2 Å². The standard InChI is InChI=1S/C26H33F3N2O5S2/c1-16(2)15-22(24(32)31-21(25(33)34)13-14-37-3)30-23(26(27,28)29)19-7-5-17(6-8-19)18-9-11-20(12-10-18)38(4,35)36/h5-12,16,21-23,30H,13-15H2,1-4H3,(H,31,32)(H,33,34)/t21-,22-,23-/m0/s1. The minimum Gasteiger partial charge on any atom is -0.480 e. The lowest BCUT2D eigenvalue weighted by atomic mass is 9.97. The number of carbonyl (C=O) groups excluding carboxylic acids is 1. The Labute approximate surface area is 225 Å². The van der Waals surface area contributed by atoms with E-state index >= 15 is 0 Å². The Balaban J connectivity index is 2.31. The lowest BCUT2D eigenvalue weighted by Gasteiger charge is -2.29. The molecule has 0 saturated heterocycles. The predicted molar refractivity (Wildman–Crippen MR) is 143 cm³/mol. The van der Waals surface area contributed by atoms with Crippen LogP contribution in [0.25, 0.3) is 11.1 Å². The molecule has 0 heterocycles. The van der Waals surface area contributed by atoms with E-state index in [1.807, 2.05) is 0 Å². The van der Waals surface area contributed by atoms with Crippen molar-refractivity contribution in [3.05, 3.63) is 54.1 Å². The highest BCUT2D eigenvalue weighted by Crippen LogP contribution is 2.35. The minimum atomic E-state index is -4.74. The van der Waals surface area contributed by atoms with Crippen LogP contribution < -0.4 is 10.6 Å². The molecule has 210 valence electrons. The van der Waals surface area contributed by atoms with Crippen LogP contribution in [0.1, 0.15) is 38.3 Å². The zero-order chi connectivity index (χ0) is 28.7. The summed E-state index contributed by atoms with van der Waals surface area (Å²) < 4.78 is 65.8. The van der Waals surface area contributed by atoms with E-state index in [0.29, 0.717) is 16.9 Å². The Kier molecular flexibility index (Phi) is 11.2. The first-order valence-electron chi connectivity index (χ1n) is 11.9. The molecule has 0 aliphatic rings. The van der Waals surface area contributed by atoms with Crippen LogP contribution in [0.15, 0.2) is 53.4 Å². The topological polar surface area (TPSA) is 113 Å². The van der Waals surface area contributed by atoms with Gasteiger partial charge in [-0.1, -0.05) is 50.2 Å². The molecule has 2 aromatic rings. The number of nitrogens with one attached hydrogen (secondary N) is 2. The molecule has 0 saturated carbocycles. The Morgan fingerprint density at radius 3 is 1.92 bits per heavy atom. The van der Waals surface area contributed by atoms with Crippen LogP contribution in [-0.4, -0.2) is 61.9 Å². The Hall–Kier alpha value is -2.57. The molecule has 3 atom stereocenters. The number of aliphatic carboxylic acids is 1. The molecule has 0 aromatic heterocycles. The molecular weight excluding hydrogens is 541 g/mol. The number of amides is 1. The lowest BCUT2D eigenvalue weighted by Crippen LogP contribution is -2.53. The van der Waals surface area contributed by atoms with Gasteiger partial charge >= 0.3 is 12.1 Å². The lowest BCUT2D eigenvalue weighted by molar-refractivity contribution is -0.161. The van der Waals surface area contributed by atoms with Crippen LogP contribution in [0.2, 0.25) is 0 Å². The number of carboxylic acids is 1. The summed E-state index contributed by atoms with van der Waals surface area (Å²) in [6.07, 6.45) is -1.66. The highest BCUT2D eigenvalue weighted by Gasteiger charge is 2.43. The summed E-state index contributed by atoms with van der Waals surface area (Å²) >= 11 is 1.40. The van der Waals surface area contributed by atoms with Crippen molar-refractivity contribution in [2.75, 3.05) is 18.3 Å². The summed E-state index contributed by atoms with van der Waals surface area (Å²) in [5.41, 5.74) is 1.10. The van der Waals surface area contributed by atoms with Gasteiger partial charge in [0.2, 0.25) is 5.91 Å². The molecule has 0 bridgehead atoms. The number of alkyl halides is 3. The van der Waals surface area contributed by atoms with Crippen LogP contribution in [0.4, 0.5) is 13.2 Å². The Bertz CT molecular complexity index is 1180. The number of hydrogen-bond donors (Lipinski definition) is 3. The first kappa shape index (κ1) is 31.6. The quantitative estimate of drug-likeness (QED) is 0.318. The molecule has 38 heavy (non-hydrogen) atoms. The van der Waals surface area contributed by atoms with Gasteiger partial charge in [-0.05, 0) is 59.6 Å². The monoisotopic (exact) mass is 574 g/mol. The summed E-state index contributed by atoms with van der Waals surface area (Å²) in [6.45, 7) is 3.52. The molecule has 2 aromatic carbocycles. The first-order chi connectivity index (χ1) is 17.6. The molecule has 0 radical (unpaired) electrons. The van der Waals surface area contributed by atoms with Crippen molar-refractivity contribution in [1.29, 1.82) is 0 Å². The fraction of sp³-hybridized carbons (Fsp3) is 0.462. The van der Waals surface area contributed by atoms with Crippen molar-refractivity contribution >= 4 is 33.5 Å². The van der Waals surface area contributed by atoms with Gasteiger partial charge in [0, 0.05) is 6.26 Å². The van der Waals surface area contributed by atoms with Gasteiger partial charge in [-0.15, -0.1) is 0 Å². The predicted octanol–water partition coefficient (Wildman–Crippen LogP) is 4.69. The molecule has 0 spiro atoms. The maximum Gasteiger partial charge on any atom is 0.407 e. The summed E-state index contributed by atoms with van der Waals surface area (Å²) in [5, 5.41) is 14.2. The van der Waals surface area contributed by atoms with Gasteiger partial charge in [0.25, 0.3) is 0 Å². The van der Waals surface area contributed by atoms with Crippen molar-refractivity contribution in [1.82, 2.24) is 10.6 Å². The second-order valence-electron chi connectivity index (χ2n) is 9.42. The van der Waals surface area contributed by atoms with Gasteiger partial charge in [0.15, 0.2) is 9.84 Å². The number of sulfone groups is 1. The number of carboxylic acid groups (broad SMARTS) is 1. The number of rotatable bonds is 13. The fourth-order valence-electron chi connectivity index (χ4n) is 3.83. The van der Waals surface area contributed by atoms with Crippen LogP contribution in [0.5, 0.6) is 0 Å². The molecule has 3 N–H and O–H groups in total. The molecular formula is C26H33F3N2O5S2. The summed E-state index contributed by atoms with van der Waals surface area (Å²) in [5.74, 6) is -1.72. The van der Waals surface area contributed by atoms with E-state index < -0.39 is 46.0 Å². The molecule has 2 rings (SSSR count). The van der Waals surface area contributed by atoms with Crippen LogP contribution in [0, 0.1) is 5.92 Å². The van der Waals surface area contributed by atoms with Crippen LogP contribution in [0.3, 0.4) is 0 Å². The van der Waals surface area contributed by atoms with Crippen molar-refractivity contribution in [3.8, 4) is 11.1 Å². The van der Waals surface area contributed by atoms with Crippen molar-refractivity contribution in [2.45, 2.75) is 55.9 Å². The highest BCUT2D eigenvalue weighted by atomic mass is 32.2. The van der Waals surface area contributed by atoms with Gasteiger partial charge in [-0.2, -0.15) is 24.9 Å². The third-order valence-corrected chi connectivity index (χ3v) is 7.58. The van der Waals surface area contributed by atoms with Crippen molar-refractivity contribution < 1.29 is 36.3 Å². The summed E-state index contributed by atoms with van der Waals surface area (Å²) in [6, 6.07) is 6.93. The minimum absolute atomic E-state index is 0.0675. The normalized spacial score (nSPS) is 14.6. The second kappa shape index (κ2) is 13.5. The maximum atomic E-state index is 14.2. The van der Waals surface area contributed by atoms with E-state index in [4.69, 9.17) is 0 Å². The fourth-order valence-corrected chi connectivity index (χ4v) is 4.93. The Morgan fingerprint density at radius 1 is 0.974 bits per heavy atom. The van der Waals surface area contributed by atoms with Crippen LogP contribution in [-0.2, 0) is 19.4 Å². The van der Waals surface area contributed by atoms with Gasteiger partial charge in [-0.25, -0.2) is 13.2 Å². The van der Waals surface area contributed by atoms with Gasteiger partial charge < -0.3 is 10.4 Å². The van der Waals surface area contributed by atoms with Gasteiger partial charge in [0.1, 0.15) is 12.1 Å². The molecule has 0 aliphatic heterocycles. The third-order valence-electron chi connectivity index (χ3n) is 5.80. The zero-order valence-corrected chi connectivity index (χ0v) is 23.2. The molecule has 0 aliphatic carbocycles. The third kappa shape index (κ3) is 9.32. The number of halogens is 3. The second-order valence-corrected chi connectivity index (χ2v) is 12.4. The van der Waals surface area contributed by atoms with Crippen LogP contribution >= 0.6 is 11.8 Å². The van der Waals surface area contributed by atoms with Gasteiger partial charge in [-0.3, -0.25) is 10.1 Å². The molecule has 12 heteroatoms. The molecule has 1 amide bonds. The SMILES string of the molecule is CSCC[C@H](NC(=O)[C@H](CC(C)C)N[C@@H](c1ccc(-c2ccc(S(C)(=O)=O)cc2)cc1)C(F)(F)F)C(=O)O. The van der Waals surface area contributed by atoms with Gasteiger partial charge in [0.05, 0.1) is 10.9 Å². The van der Waals surface area contributed by atoms with E-state index in [1.165, 1.54) is 48.2 Å². The number of hydrogen-bond acceptors (Lipinski definition) is 6. The average molecular weight is 575 g/mol. The summed E-state index contributed by atoms with van der Waals surface area (Å²) in [7, 11) is -3.38. The van der Waals surface area contributed by atoms with Crippen molar-refractivity contribution in [3.63, 3.8) is 0 Å².